The van der Waals surface area contributed by atoms with E-state index in [-0.39, 0.29) is 11.8 Å². The first-order valence-electron chi connectivity index (χ1n) is 8.13. The van der Waals surface area contributed by atoms with Crippen LogP contribution in [0.2, 0.25) is 0 Å². The molecule has 1 aromatic carbocycles. The number of nitrogens with two attached hydrogens (primary N) is 1. The van der Waals surface area contributed by atoms with Crippen LogP contribution in [-0.4, -0.2) is 19.9 Å². The summed E-state index contributed by atoms with van der Waals surface area (Å²) in [5, 5.41) is 0. The Hall–Kier alpha value is -3.26. The number of pyridine rings is 2. The van der Waals surface area contributed by atoms with E-state index in [2.05, 4.69) is 24.7 Å². The summed E-state index contributed by atoms with van der Waals surface area (Å²) in [7, 11) is 0. The average Bonchev–Trinajstić information content (AvgIpc) is 2.68. The zero-order valence-electron chi connectivity index (χ0n) is 14.3. The summed E-state index contributed by atoms with van der Waals surface area (Å²) < 4.78 is 17.5. The molecule has 8 heteroatoms. The molecule has 4 aromatic rings. The van der Waals surface area contributed by atoms with Crippen molar-refractivity contribution in [3.8, 4) is 11.3 Å². The van der Waals surface area contributed by atoms with Gasteiger partial charge in [0.1, 0.15) is 11.3 Å². The number of hydrogen-bond acceptors (Lipinski definition) is 7. The highest BCUT2D eigenvalue weighted by Gasteiger charge is 2.10. The van der Waals surface area contributed by atoms with Crippen LogP contribution in [0.4, 0.5) is 16.0 Å². The Balaban J connectivity index is 1.62. The van der Waals surface area contributed by atoms with E-state index in [1.54, 1.807) is 24.7 Å². The zero-order valence-corrected chi connectivity index (χ0v) is 15.2. The molecule has 134 valence electrons. The number of hydrogen-bond donors (Lipinski definition) is 2. The van der Waals surface area contributed by atoms with E-state index in [0.29, 0.717) is 28.0 Å². The number of aromatic nitrogens is 4. The van der Waals surface area contributed by atoms with E-state index < -0.39 is 0 Å². The van der Waals surface area contributed by atoms with Gasteiger partial charge in [0, 0.05) is 22.9 Å². The summed E-state index contributed by atoms with van der Waals surface area (Å²) in [6.07, 6.45) is 4.98. The Morgan fingerprint density at radius 3 is 2.78 bits per heavy atom. The van der Waals surface area contributed by atoms with Crippen molar-refractivity contribution in [2.75, 3.05) is 10.5 Å². The van der Waals surface area contributed by atoms with Crippen molar-refractivity contribution in [1.82, 2.24) is 19.9 Å². The van der Waals surface area contributed by atoms with Gasteiger partial charge in [0.05, 0.1) is 23.1 Å². The van der Waals surface area contributed by atoms with E-state index in [4.69, 9.17) is 5.73 Å². The van der Waals surface area contributed by atoms with Gasteiger partial charge in [0.25, 0.3) is 0 Å². The third kappa shape index (κ3) is 3.65. The van der Waals surface area contributed by atoms with Crippen LogP contribution in [0.25, 0.3) is 22.3 Å². The minimum absolute atomic E-state index is 0.202. The molecule has 3 aromatic heterocycles. The Bertz CT molecular complexity index is 1120. The monoisotopic (exact) mass is 378 g/mol. The number of fused-ring (bicyclic) bond motifs is 1. The first kappa shape index (κ1) is 17.2. The van der Waals surface area contributed by atoms with E-state index in [1.807, 2.05) is 31.2 Å². The highest BCUT2D eigenvalue weighted by Crippen LogP contribution is 2.28. The number of anilines is 2. The molecule has 0 aliphatic heterocycles. The number of halogens is 1. The number of rotatable bonds is 4. The van der Waals surface area contributed by atoms with Crippen molar-refractivity contribution in [2.24, 2.45) is 0 Å². The molecule has 0 aliphatic rings. The maximum Gasteiger partial charge on any atom is 0.220 e. The normalized spacial score (nSPS) is 10.9. The molecular weight excluding hydrogens is 363 g/mol. The predicted octanol–water partition coefficient (Wildman–Crippen LogP) is 4.24. The summed E-state index contributed by atoms with van der Waals surface area (Å²) in [5.41, 5.74) is 9.56. The van der Waals surface area contributed by atoms with Gasteiger partial charge >= 0.3 is 0 Å². The van der Waals surface area contributed by atoms with E-state index in [1.165, 1.54) is 18.0 Å². The lowest BCUT2D eigenvalue weighted by atomic mass is 10.1. The lowest BCUT2D eigenvalue weighted by molar-refractivity contribution is 0.633. The molecule has 0 unspecified atom stereocenters. The Labute approximate surface area is 159 Å². The summed E-state index contributed by atoms with van der Waals surface area (Å²) in [6.45, 7) is 1.91. The highest BCUT2D eigenvalue weighted by molar-refractivity contribution is 8.00. The van der Waals surface area contributed by atoms with Crippen molar-refractivity contribution in [2.45, 2.75) is 11.8 Å². The quantitative estimate of drug-likeness (QED) is 0.514. The van der Waals surface area contributed by atoms with Crippen LogP contribution in [0, 0.1) is 12.7 Å². The molecule has 0 bridgehead atoms. The minimum atomic E-state index is -0.364. The van der Waals surface area contributed by atoms with Gasteiger partial charge in [-0.05, 0) is 54.8 Å². The number of nitrogen functional groups attached to an aromatic ring is 1. The average molecular weight is 378 g/mol. The second-order valence-electron chi connectivity index (χ2n) is 5.87. The molecule has 6 nitrogen and oxygen atoms in total. The fourth-order valence-electron chi connectivity index (χ4n) is 2.62. The molecule has 0 radical (unpaired) electrons. The maximum atomic E-state index is 14.5. The predicted molar refractivity (Wildman–Crippen MR) is 106 cm³/mol. The fourth-order valence-corrected chi connectivity index (χ4v) is 3.28. The standard InChI is InChI=1S/C19H15FN6S/c1-11-7-16(24-17-10-23-19(21)25-18(11)17)12-4-5-15(14(20)8-12)26-27-13-3-2-6-22-9-13/h2-10,26H,1H3,(H2,21,23,25). The lowest BCUT2D eigenvalue weighted by Gasteiger charge is -2.10. The van der Waals surface area contributed by atoms with Crippen molar-refractivity contribution in [3.05, 3.63) is 66.4 Å². The lowest BCUT2D eigenvalue weighted by Crippen LogP contribution is -1.98. The molecule has 27 heavy (non-hydrogen) atoms. The van der Waals surface area contributed by atoms with Crippen molar-refractivity contribution < 1.29 is 4.39 Å². The van der Waals surface area contributed by atoms with Gasteiger partial charge in [-0.2, -0.15) is 0 Å². The Kier molecular flexibility index (Phi) is 4.55. The molecule has 0 atom stereocenters. The largest absolute Gasteiger partial charge is 0.368 e. The van der Waals surface area contributed by atoms with Gasteiger partial charge in [-0.1, -0.05) is 6.07 Å². The summed E-state index contributed by atoms with van der Waals surface area (Å²) in [4.78, 5) is 17.6. The van der Waals surface area contributed by atoms with Crippen LogP contribution in [0.5, 0.6) is 0 Å². The third-order valence-electron chi connectivity index (χ3n) is 3.93. The van der Waals surface area contributed by atoms with Crippen LogP contribution in [0.15, 0.2) is 59.9 Å². The van der Waals surface area contributed by atoms with Crippen molar-refractivity contribution >= 4 is 34.6 Å². The van der Waals surface area contributed by atoms with Gasteiger partial charge in [-0.15, -0.1) is 0 Å². The van der Waals surface area contributed by atoms with Gasteiger partial charge < -0.3 is 10.5 Å². The van der Waals surface area contributed by atoms with E-state index in [9.17, 15) is 4.39 Å². The smallest absolute Gasteiger partial charge is 0.220 e. The minimum Gasteiger partial charge on any atom is -0.368 e. The molecule has 0 fully saturated rings. The number of aryl methyl sites for hydroxylation is 1. The van der Waals surface area contributed by atoms with Crippen LogP contribution < -0.4 is 10.5 Å². The van der Waals surface area contributed by atoms with E-state index in [0.717, 1.165) is 10.5 Å². The number of benzene rings is 1. The zero-order chi connectivity index (χ0) is 18.8. The fraction of sp³-hybridized carbons (Fsp3) is 0.0526. The van der Waals surface area contributed by atoms with E-state index >= 15 is 0 Å². The van der Waals surface area contributed by atoms with Crippen LogP contribution in [0.3, 0.4) is 0 Å². The molecule has 0 aliphatic carbocycles. The first-order chi connectivity index (χ1) is 13.1. The second kappa shape index (κ2) is 7.16. The molecular formula is C19H15FN6S. The Morgan fingerprint density at radius 1 is 1.11 bits per heavy atom. The second-order valence-corrected chi connectivity index (χ2v) is 6.75. The van der Waals surface area contributed by atoms with Crippen molar-refractivity contribution in [3.63, 3.8) is 0 Å². The van der Waals surface area contributed by atoms with Gasteiger partial charge in [0.15, 0.2) is 0 Å². The highest BCUT2D eigenvalue weighted by atomic mass is 32.2. The van der Waals surface area contributed by atoms with Gasteiger partial charge in [0.2, 0.25) is 5.95 Å². The first-order valence-corrected chi connectivity index (χ1v) is 8.94. The number of nitrogens with one attached hydrogen (secondary N) is 1. The summed E-state index contributed by atoms with van der Waals surface area (Å²) in [6, 6.07) is 10.6. The van der Waals surface area contributed by atoms with Crippen LogP contribution >= 0.6 is 11.9 Å². The molecule has 0 spiro atoms. The Morgan fingerprint density at radius 2 is 2.00 bits per heavy atom. The molecule has 4 rings (SSSR count). The summed E-state index contributed by atoms with van der Waals surface area (Å²) >= 11 is 1.30. The van der Waals surface area contributed by atoms with Crippen LogP contribution in [0.1, 0.15) is 5.56 Å². The molecule has 3 heterocycles. The molecule has 0 saturated carbocycles. The van der Waals surface area contributed by atoms with Gasteiger partial charge in [-0.3, -0.25) is 4.98 Å². The van der Waals surface area contributed by atoms with Gasteiger partial charge in [-0.25, -0.2) is 19.3 Å². The topological polar surface area (TPSA) is 89.6 Å². The molecule has 3 N–H and O–H groups in total. The number of nitrogens with zero attached hydrogens (tertiary/aromatic N) is 4. The molecule has 0 saturated heterocycles. The van der Waals surface area contributed by atoms with Crippen LogP contribution in [-0.2, 0) is 0 Å². The van der Waals surface area contributed by atoms with Crippen molar-refractivity contribution in [1.29, 1.82) is 0 Å². The summed E-state index contributed by atoms with van der Waals surface area (Å²) in [5.74, 6) is -0.162. The maximum absolute atomic E-state index is 14.5. The SMILES string of the molecule is Cc1cc(-c2ccc(NSc3cccnc3)c(F)c2)nc2cnc(N)nc12. The molecule has 0 amide bonds. The third-order valence-corrected chi connectivity index (χ3v) is 4.73.